The third-order valence-electron chi connectivity index (χ3n) is 3.21. The van der Waals surface area contributed by atoms with E-state index in [1.54, 1.807) is 18.2 Å². The topological polar surface area (TPSA) is 46.5 Å². The van der Waals surface area contributed by atoms with Crippen molar-refractivity contribution in [3.8, 4) is 11.5 Å². The summed E-state index contributed by atoms with van der Waals surface area (Å²) >= 11 is 9.44. The zero-order valence-electron chi connectivity index (χ0n) is 10.3. The van der Waals surface area contributed by atoms with Crippen LogP contribution in [-0.4, -0.2) is 10.9 Å². The second kappa shape index (κ2) is 5.11. The van der Waals surface area contributed by atoms with E-state index in [2.05, 4.69) is 15.9 Å². The fourth-order valence-electron chi connectivity index (χ4n) is 2.25. The lowest BCUT2D eigenvalue weighted by molar-refractivity contribution is 0.0850. The second-order valence-corrected chi connectivity index (χ2v) is 5.90. The highest BCUT2D eigenvalue weighted by molar-refractivity contribution is 9.10. The molecule has 1 N–H and O–H groups in total. The highest BCUT2D eigenvalue weighted by Crippen LogP contribution is 2.39. The zero-order valence-corrected chi connectivity index (χ0v) is 12.6. The van der Waals surface area contributed by atoms with Crippen LogP contribution in [0.5, 0.6) is 11.5 Å². The van der Waals surface area contributed by atoms with Gasteiger partial charge < -0.3 is 9.84 Å². The van der Waals surface area contributed by atoms with E-state index >= 15 is 0 Å². The van der Waals surface area contributed by atoms with Crippen molar-refractivity contribution in [1.29, 1.82) is 0 Å². The molecule has 1 aliphatic rings. The SMILES string of the molecule is O=C1CC(c2ccc(O)cc2Cl)Oc2ccc(Br)cc21. The molecule has 0 saturated carbocycles. The van der Waals surface area contributed by atoms with Crippen LogP contribution < -0.4 is 4.74 Å². The number of hydrogen-bond donors (Lipinski definition) is 1. The van der Waals surface area contributed by atoms with E-state index in [4.69, 9.17) is 16.3 Å². The summed E-state index contributed by atoms with van der Waals surface area (Å²) in [5, 5.41) is 9.77. The number of benzene rings is 2. The van der Waals surface area contributed by atoms with Crippen molar-refractivity contribution in [2.24, 2.45) is 0 Å². The van der Waals surface area contributed by atoms with Crippen LogP contribution in [0.3, 0.4) is 0 Å². The normalized spacial score (nSPS) is 17.5. The van der Waals surface area contributed by atoms with Crippen molar-refractivity contribution in [3.05, 3.63) is 57.0 Å². The Labute approximate surface area is 129 Å². The quantitative estimate of drug-likeness (QED) is 0.820. The third kappa shape index (κ3) is 2.41. The zero-order chi connectivity index (χ0) is 14.3. The molecule has 0 amide bonds. The van der Waals surface area contributed by atoms with Gasteiger partial charge in [-0.25, -0.2) is 0 Å². The summed E-state index contributed by atoms with van der Waals surface area (Å²) < 4.78 is 6.70. The van der Waals surface area contributed by atoms with Crippen molar-refractivity contribution in [2.75, 3.05) is 0 Å². The maximum Gasteiger partial charge on any atom is 0.170 e. The Morgan fingerprint density at radius 3 is 2.80 bits per heavy atom. The van der Waals surface area contributed by atoms with Crippen molar-refractivity contribution >= 4 is 33.3 Å². The van der Waals surface area contributed by atoms with Gasteiger partial charge in [-0.1, -0.05) is 33.6 Å². The number of hydrogen-bond acceptors (Lipinski definition) is 3. The summed E-state index contributed by atoms with van der Waals surface area (Å²) in [7, 11) is 0. The van der Waals surface area contributed by atoms with Gasteiger partial charge in [0.25, 0.3) is 0 Å². The summed E-state index contributed by atoms with van der Waals surface area (Å²) in [4.78, 5) is 12.2. The van der Waals surface area contributed by atoms with Crippen molar-refractivity contribution in [1.82, 2.24) is 0 Å². The predicted molar refractivity (Wildman–Crippen MR) is 79.6 cm³/mol. The predicted octanol–water partition coefficient (Wildman–Crippen LogP) is 4.51. The van der Waals surface area contributed by atoms with E-state index in [1.165, 1.54) is 12.1 Å². The Balaban J connectivity index is 1.99. The smallest absolute Gasteiger partial charge is 0.170 e. The van der Waals surface area contributed by atoms with Gasteiger partial charge in [-0.05, 0) is 30.3 Å². The highest BCUT2D eigenvalue weighted by atomic mass is 79.9. The number of ether oxygens (including phenoxy) is 1. The molecule has 1 aliphatic heterocycles. The third-order valence-corrected chi connectivity index (χ3v) is 4.03. The molecule has 2 aromatic carbocycles. The Kier molecular flexibility index (Phi) is 3.44. The minimum atomic E-state index is -0.427. The van der Waals surface area contributed by atoms with Gasteiger partial charge in [0, 0.05) is 10.0 Å². The van der Waals surface area contributed by atoms with Crippen molar-refractivity contribution < 1.29 is 14.6 Å². The van der Waals surface area contributed by atoms with Crippen LogP contribution in [-0.2, 0) is 0 Å². The van der Waals surface area contributed by atoms with Crippen LogP contribution in [0, 0.1) is 0 Å². The molecule has 0 aliphatic carbocycles. The van der Waals surface area contributed by atoms with E-state index in [0.717, 1.165) is 4.47 Å². The number of halogens is 2. The number of Topliss-reactive ketones (excluding diaryl/α,β-unsaturated/α-hetero) is 1. The minimum Gasteiger partial charge on any atom is -0.508 e. The number of fused-ring (bicyclic) bond motifs is 1. The Hall–Kier alpha value is -1.52. The van der Waals surface area contributed by atoms with Gasteiger partial charge in [0.2, 0.25) is 0 Å². The average molecular weight is 354 g/mol. The monoisotopic (exact) mass is 352 g/mol. The van der Waals surface area contributed by atoms with E-state index in [1.807, 2.05) is 6.07 Å². The molecule has 0 aromatic heterocycles. The van der Waals surface area contributed by atoms with Gasteiger partial charge in [0.15, 0.2) is 5.78 Å². The van der Waals surface area contributed by atoms with Crippen LogP contribution in [0.2, 0.25) is 5.02 Å². The molecule has 3 nitrogen and oxygen atoms in total. The molecular formula is C15H10BrClO3. The summed E-state index contributed by atoms with van der Waals surface area (Å²) in [6.07, 6.45) is -0.196. The highest BCUT2D eigenvalue weighted by Gasteiger charge is 2.29. The fraction of sp³-hybridized carbons (Fsp3) is 0.133. The fourth-order valence-corrected chi connectivity index (χ4v) is 2.90. The van der Waals surface area contributed by atoms with Gasteiger partial charge in [0.1, 0.15) is 17.6 Å². The lowest BCUT2D eigenvalue weighted by Crippen LogP contribution is -2.20. The molecule has 102 valence electrons. The summed E-state index contributed by atoms with van der Waals surface area (Å²) in [5.74, 6) is 0.658. The lowest BCUT2D eigenvalue weighted by atomic mass is 9.96. The molecular weight excluding hydrogens is 344 g/mol. The Bertz CT molecular complexity index is 700. The number of carbonyl (C=O) groups is 1. The minimum absolute atomic E-state index is 0.0155. The van der Waals surface area contributed by atoms with E-state index in [0.29, 0.717) is 21.9 Å². The summed E-state index contributed by atoms with van der Waals surface area (Å²) in [6, 6.07) is 10.0. The van der Waals surface area contributed by atoms with Crippen LogP contribution in [0.4, 0.5) is 0 Å². The Morgan fingerprint density at radius 2 is 2.05 bits per heavy atom. The van der Waals surface area contributed by atoms with Gasteiger partial charge >= 0.3 is 0 Å². The first-order chi connectivity index (χ1) is 9.54. The van der Waals surface area contributed by atoms with Crippen LogP contribution >= 0.6 is 27.5 Å². The number of carbonyl (C=O) groups excluding carboxylic acids is 1. The molecule has 20 heavy (non-hydrogen) atoms. The van der Waals surface area contributed by atoms with Gasteiger partial charge in [0.05, 0.1) is 17.0 Å². The second-order valence-electron chi connectivity index (χ2n) is 4.58. The molecule has 2 aromatic rings. The number of rotatable bonds is 1. The van der Waals surface area contributed by atoms with Gasteiger partial charge in [-0.3, -0.25) is 4.79 Å². The first-order valence-corrected chi connectivity index (χ1v) is 7.19. The lowest BCUT2D eigenvalue weighted by Gasteiger charge is -2.26. The first-order valence-electron chi connectivity index (χ1n) is 6.02. The summed E-state index contributed by atoms with van der Waals surface area (Å²) in [5.41, 5.74) is 1.27. The van der Waals surface area contributed by atoms with E-state index in [9.17, 15) is 9.90 Å². The molecule has 0 spiro atoms. The standard InChI is InChI=1S/C15H10BrClO3/c16-8-1-4-14-11(5-8)13(19)7-15(20-14)10-3-2-9(18)6-12(10)17/h1-6,15,18H,7H2. The number of phenolic OH excluding ortho intramolecular Hbond substituents is 1. The molecule has 5 heteroatoms. The van der Waals surface area contributed by atoms with E-state index < -0.39 is 6.10 Å². The molecule has 0 saturated heterocycles. The van der Waals surface area contributed by atoms with E-state index in [-0.39, 0.29) is 18.0 Å². The van der Waals surface area contributed by atoms with Crippen LogP contribution in [0.1, 0.15) is 28.4 Å². The molecule has 3 rings (SSSR count). The van der Waals surface area contributed by atoms with Crippen LogP contribution in [0.15, 0.2) is 40.9 Å². The van der Waals surface area contributed by atoms with Crippen LogP contribution in [0.25, 0.3) is 0 Å². The largest absolute Gasteiger partial charge is 0.508 e. The average Bonchev–Trinajstić information content (AvgIpc) is 2.39. The number of aromatic hydroxyl groups is 1. The Morgan fingerprint density at radius 1 is 1.25 bits per heavy atom. The van der Waals surface area contributed by atoms with Crippen molar-refractivity contribution in [3.63, 3.8) is 0 Å². The maximum atomic E-state index is 12.2. The molecule has 0 radical (unpaired) electrons. The molecule has 1 unspecified atom stereocenters. The molecule has 0 bridgehead atoms. The first kappa shape index (κ1) is 13.5. The molecule has 1 atom stereocenters. The number of phenols is 1. The molecule has 0 fully saturated rings. The van der Waals surface area contributed by atoms with Gasteiger partial charge in [-0.2, -0.15) is 0 Å². The van der Waals surface area contributed by atoms with Crippen molar-refractivity contribution in [2.45, 2.75) is 12.5 Å². The molecule has 1 heterocycles. The van der Waals surface area contributed by atoms with Gasteiger partial charge in [-0.15, -0.1) is 0 Å². The summed E-state index contributed by atoms with van der Waals surface area (Å²) in [6.45, 7) is 0. The maximum absolute atomic E-state index is 12.2. The number of ketones is 1.